The predicted octanol–water partition coefficient (Wildman–Crippen LogP) is 1.94. The number of nitrogens with two attached hydrogens (primary N) is 1. The van der Waals surface area contributed by atoms with Crippen molar-refractivity contribution in [1.82, 2.24) is 0 Å². The van der Waals surface area contributed by atoms with Crippen molar-refractivity contribution in [2.24, 2.45) is 5.73 Å². The summed E-state index contributed by atoms with van der Waals surface area (Å²) in [6.45, 7) is 1.50. The zero-order chi connectivity index (χ0) is 13.2. The Hall–Kier alpha value is -1.57. The van der Waals surface area contributed by atoms with E-state index >= 15 is 0 Å². The molecule has 0 spiro atoms. The number of benzene rings is 1. The summed E-state index contributed by atoms with van der Waals surface area (Å²) in [5.74, 6) is 5.60. The molecule has 0 heterocycles. The van der Waals surface area contributed by atoms with Crippen molar-refractivity contribution < 1.29 is 13.9 Å². The van der Waals surface area contributed by atoms with Gasteiger partial charge in [-0.25, -0.2) is 4.39 Å². The lowest BCUT2D eigenvalue weighted by molar-refractivity contribution is 0.184. The lowest BCUT2D eigenvalue weighted by Crippen LogP contribution is -2.00. The number of ether oxygens (including phenoxy) is 2. The minimum Gasteiger partial charge on any atom is -0.493 e. The summed E-state index contributed by atoms with van der Waals surface area (Å²) in [7, 11) is 1.66. The van der Waals surface area contributed by atoms with E-state index in [1.165, 1.54) is 12.1 Å². The van der Waals surface area contributed by atoms with Crippen molar-refractivity contribution >= 4 is 0 Å². The normalized spacial score (nSPS) is 9.72. The lowest BCUT2D eigenvalue weighted by atomic mass is 10.2. The largest absolute Gasteiger partial charge is 0.493 e. The van der Waals surface area contributed by atoms with Crippen LogP contribution < -0.4 is 10.5 Å². The van der Waals surface area contributed by atoms with Crippen LogP contribution in [0.15, 0.2) is 18.2 Å². The first-order chi connectivity index (χ1) is 8.76. The van der Waals surface area contributed by atoms with E-state index in [-0.39, 0.29) is 12.4 Å². The summed E-state index contributed by atoms with van der Waals surface area (Å²) in [4.78, 5) is 0. The summed E-state index contributed by atoms with van der Waals surface area (Å²) in [5.41, 5.74) is 5.84. The van der Waals surface area contributed by atoms with Crippen LogP contribution in [0.1, 0.15) is 18.4 Å². The molecule has 1 aromatic rings. The highest BCUT2D eigenvalue weighted by molar-refractivity contribution is 5.40. The van der Waals surface area contributed by atoms with Crippen molar-refractivity contribution in [3.05, 3.63) is 29.6 Å². The maximum atomic E-state index is 13.3. The zero-order valence-electron chi connectivity index (χ0n) is 10.5. The second-order valence-electron chi connectivity index (χ2n) is 3.73. The molecule has 3 nitrogen and oxygen atoms in total. The summed E-state index contributed by atoms with van der Waals surface area (Å²) in [6, 6.07) is 4.42. The van der Waals surface area contributed by atoms with Gasteiger partial charge >= 0.3 is 0 Å². The standard InChI is InChI=1S/C14H18FNO2/c1-17-7-2-3-8-18-14-10-12(5-4-6-16)9-13(15)11-14/h9-11H,2-3,6-8,16H2,1H3. The van der Waals surface area contributed by atoms with Crippen molar-refractivity contribution in [3.63, 3.8) is 0 Å². The number of hydrogen-bond donors (Lipinski definition) is 1. The van der Waals surface area contributed by atoms with Gasteiger partial charge in [-0.05, 0) is 25.0 Å². The first-order valence-electron chi connectivity index (χ1n) is 5.87. The third kappa shape index (κ3) is 5.67. The molecule has 4 heteroatoms. The van der Waals surface area contributed by atoms with Gasteiger partial charge in [0.1, 0.15) is 11.6 Å². The second-order valence-corrected chi connectivity index (χ2v) is 3.73. The molecule has 0 atom stereocenters. The van der Waals surface area contributed by atoms with Crippen LogP contribution in [-0.4, -0.2) is 26.9 Å². The van der Waals surface area contributed by atoms with Crippen molar-refractivity contribution in [2.45, 2.75) is 12.8 Å². The average Bonchev–Trinajstić information content (AvgIpc) is 2.35. The number of hydrogen-bond acceptors (Lipinski definition) is 3. The zero-order valence-corrected chi connectivity index (χ0v) is 10.5. The SMILES string of the molecule is COCCCCOc1cc(F)cc(C#CCN)c1. The number of rotatable bonds is 6. The van der Waals surface area contributed by atoms with E-state index in [0.717, 1.165) is 12.8 Å². The molecule has 0 aliphatic carbocycles. The predicted molar refractivity (Wildman–Crippen MR) is 68.9 cm³/mol. The molecule has 0 fully saturated rings. The van der Waals surface area contributed by atoms with Crippen LogP contribution in [0.25, 0.3) is 0 Å². The minimum atomic E-state index is -0.356. The Morgan fingerprint density at radius 3 is 2.72 bits per heavy atom. The van der Waals surface area contributed by atoms with Crippen LogP contribution in [0.3, 0.4) is 0 Å². The topological polar surface area (TPSA) is 44.5 Å². The molecule has 0 saturated carbocycles. The third-order valence-electron chi connectivity index (χ3n) is 2.22. The van der Waals surface area contributed by atoms with Crippen molar-refractivity contribution in [2.75, 3.05) is 26.9 Å². The van der Waals surface area contributed by atoms with Gasteiger partial charge in [0.2, 0.25) is 0 Å². The molecule has 0 unspecified atom stereocenters. The van der Waals surface area contributed by atoms with E-state index < -0.39 is 0 Å². The van der Waals surface area contributed by atoms with Gasteiger partial charge < -0.3 is 15.2 Å². The van der Waals surface area contributed by atoms with E-state index in [9.17, 15) is 4.39 Å². The first-order valence-corrected chi connectivity index (χ1v) is 5.87. The molecule has 0 aromatic heterocycles. The molecule has 2 N–H and O–H groups in total. The van der Waals surface area contributed by atoms with Crippen LogP contribution in [0.2, 0.25) is 0 Å². The van der Waals surface area contributed by atoms with E-state index in [1.54, 1.807) is 13.2 Å². The van der Waals surface area contributed by atoms with E-state index in [0.29, 0.717) is 24.5 Å². The number of unbranched alkanes of at least 4 members (excludes halogenated alkanes) is 1. The summed E-state index contributed by atoms with van der Waals surface area (Å²) in [5, 5.41) is 0. The maximum Gasteiger partial charge on any atom is 0.128 e. The summed E-state index contributed by atoms with van der Waals surface area (Å²) >= 11 is 0. The lowest BCUT2D eigenvalue weighted by Gasteiger charge is -2.06. The van der Waals surface area contributed by atoms with Gasteiger partial charge in [0, 0.05) is 25.3 Å². The van der Waals surface area contributed by atoms with Crippen molar-refractivity contribution in [1.29, 1.82) is 0 Å². The fraction of sp³-hybridized carbons (Fsp3) is 0.429. The van der Waals surface area contributed by atoms with Gasteiger partial charge in [-0.2, -0.15) is 0 Å². The van der Waals surface area contributed by atoms with Gasteiger partial charge in [-0.15, -0.1) is 0 Å². The van der Waals surface area contributed by atoms with Gasteiger partial charge in [0.25, 0.3) is 0 Å². The molecule has 1 aromatic carbocycles. The smallest absolute Gasteiger partial charge is 0.128 e. The highest BCUT2D eigenvalue weighted by Crippen LogP contribution is 2.16. The molecular weight excluding hydrogens is 233 g/mol. The van der Waals surface area contributed by atoms with Crippen molar-refractivity contribution in [3.8, 4) is 17.6 Å². The maximum absolute atomic E-state index is 13.3. The van der Waals surface area contributed by atoms with E-state index in [2.05, 4.69) is 11.8 Å². The molecule has 98 valence electrons. The Balaban J connectivity index is 2.52. The first kappa shape index (κ1) is 14.5. The number of methoxy groups -OCH3 is 1. The third-order valence-corrected chi connectivity index (χ3v) is 2.22. The van der Waals surface area contributed by atoms with E-state index in [4.69, 9.17) is 15.2 Å². The molecule has 0 radical (unpaired) electrons. The van der Waals surface area contributed by atoms with E-state index in [1.807, 2.05) is 0 Å². The molecule has 0 amide bonds. The van der Waals surface area contributed by atoms with Gasteiger partial charge in [0.05, 0.1) is 13.2 Å². The Kier molecular flexibility index (Phi) is 6.85. The second kappa shape index (κ2) is 8.51. The van der Waals surface area contributed by atoms with Gasteiger partial charge in [-0.1, -0.05) is 11.8 Å². The highest BCUT2D eigenvalue weighted by Gasteiger charge is 2.00. The Labute approximate surface area is 107 Å². The van der Waals surface area contributed by atoms with Crippen LogP contribution >= 0.6 is 0 Å². The molecular formula is C14H18FNO2. The fourth-order valence-corrected chi connectivity index (χ4v) is 1.41. The summed E-state index contributed by atoms with van der Waals surface area (Å²) < 4.78 is 23.7. The highest BCUT2D eigenvalue weighted by atomic mass is 19.1. The summed E-state index contributed by atoms with van der Waals surface area (Å²) in [6.07, 6.45) is 1.79. The molecule has 0 aliphatic rings. The van der Waals surface area contributed by atoms with Gasteiger partial charge in [-0.3, -0.25) is 0 Å². The molecule has 0 saturated heterocycles. The molecule has 0 aliphatic heterocycles. The molecule has 1 rings (SSSR count). The minimum absolute atomic E-state index is 0.254. The van der Waals surface area contributed by atoms with Crippen LogP contribution in [0, 0.1) is 17.7 Å². The average molecular weight is 251 g/mol. The Morgan fingerprint density at radius 1 is 1.22 bits per heavy atom. The monoisotopic (exact) mass is 251 g/mol. The van der Waals surface area contributed by atoms with Crippen LogP contribution in [0.5, 0.6) is 5.75 Å². The fourth-order valence-electron chi connectivity index (χ4n) is 1.41. The quantitative estimate of drug-likeness (QED) is 0.620. The van der Waals surface area contributed by atoms with Gasteiger partial charge in [0.15, 0.2) is 0 Å². The van der Waals surface area contributed by atoms with Crippen LogP contribution in [0.4, 0.5) is 4.39 Å². The molecule has 0 bridgehead atoms. The number of halogens is 1. The Bertz CT molecular complexity index is 424. The molecule has 18 heavy (non-hydrogen) atoms. The van der Waals surface area contributed by atoms with Crippen LogP contribution in [-0.2, 0) is 4.74 Å². The Morgan fingerprint density at radius 2 is 2.00 bits per heavy atom.